The first-order valence-electron chi connectivity index (χ1n) is 8.90. The molecule has 0 bridgehead atoms. The second kappa shape index (κ2) is 7.18. The summed E-state index contributed by atoms with van der Waals surface area (Å²) >= 11 is 1.39. The zero-order chi connectivity index (χ0) is 18.9. The molecule has 0 aliphatic carbocycles. The molecular formula is C22H20N2O2S. The van der Waals surface area contributed by atoms with Crippen LogP contribution in [0, 0.1) is 0 Å². The Labute approximate surface area is 162 Å². The molecule has 4 rings (SSSR count). The summed E-state index contributed by atoms with van der Waals surface area (Å²) in [6.45, 7) is 2.11. The minimum absolute atomic E-state index is 0.302. The Morgan fingerprint density at radius 3 is 2.44 bits per heavy atom. The van der Waals surface area contributed by atoms with Gasteiger partial charge in [-0.05, 0) is 29.7 Å². The van der Waals surface area contributed by atoms with Gasteiger partial charge in [0.2, 0.25) is 0 Å². The van der Waals surface area contributed by atoms with Crippen LogP contribution < -0.4 is 5.73 Å². The highest BCUT2D eigenvalue weighted by Gasteiger charge is 2.55. The van der Waals surface area contributed by atoms with E-state index in [-0.39, 0.29) is 5.97 Å². The van der Waals surface area contributed by atoms with E-state index in [1.807, 2.05) is 73.7 Å². The molecule has 0 saturated heterocycles. The van der Waals surface area contributed by atoms with Gasteiger partial charge >= 0.3 is 5.97 Å². The van der Waals surface area contributed by atoms with Crippen LogP contribution in [0.25, 0.3) is 11.1 Å². The van der Waals surface area contributed by atoms with Crippen molar-refractivity contribution in [3.63, 3.8) is 0 Å². The van der Waals surface area contributed by atoms with E-state index in [1.165, 1.54) is 11.8 Å². The van der Waals surface area contributed by atoms with E-state index < -0.39 is 10.8 Å². The van der Waals surface area contributed by atoms with Gasteiger partial charge in [-0.3, -0.25) is 4.79 Å². The maximum absolute atomic E-state index is 13.1. The van der Waals surface area contributed by atoms with Gasteiger partial charge in [-0.25, -0.2) is 4.98 Å². The average molecular weight is 376 g/mol. The number of pyridine rings is 1. The SMILES string of the molecule is CCOC(=O)C1(c2ccccc2)Sc2nccc(-c3ccccc3)c2C1N. The lowest BCUT2D eigenvalue weighted by molar-refractivity contribution is -0.147. The van der Waals surface area contributed by atoms with Crippen molar-refractivity contribution < 1.29 is 9.53 Å². The number of hydrogen-bond donors (Lipinski definition) is 1. The van der Waals surface area contributed by atoms with E-state index in [0.717, 1.165) is 27.3 Å². The lowest BCUT2D eigenvalue weighted by Gasteiger charge is -2.30. The van der Waals surface area contributed by atoms with Crippen LogP contribution in [0.3, 0.4) is 0 Å². The van der Waals surface area contributed by atoms with Crippen LogP contribution in [-0.2, 0) is 14.3 Å². The van der Waals surface area contributed by atoms with Crippen LogP contribution in [0.5, 0.6) is 0 Å². The number of benzene rings is 2. The smallest absolute Gasteiger partial charge is 0.329 e. The van der Waals surface area contributed by atoms with Crippen LogP contribution >= 0.6 is 11.8 Å². The highest BCUT2D eigenvalue weighted by Crippen LogP contribution is 2.58. The lowest BCUT2D eigenvalue weighted by Crippen LogP contribution is -2.41. The van der Waals surface area contributed by atoms with Crippen molar-refractivity contribution in [2.45, 2.75) is 22.7 Å². The van der Waals surface area contributed by atoms with E-state index >= 15 is 0 Å². The van der Waals surface area contributed by atoms with Gasteiger partial charge < -0.3 is 10.5 Å². The lowest BCUT2D eigenvalue weighted by atomic mass is 9.84. The molecule has 0 amide bonds. The molecule has 1 aliphatic heterocycles. The quantitative estimate of drug-likeness (QED) is 0.687. The largest absolute Gasteiger partial charge is 0.465 e. The number of hydrogen-bond acceptors (Lipinski definition) is 5. The number of aromatic nitrogens is 1. The van der Waals surface area contributed by atoms with Crippen molar-refractivity contribution in [1.29, 1.82) is 0 Å². The normalized spacial score (nSPS) is 20.9. The fraction of sp³-hybridized carbons (Fsp3) is 0.182. The Hall–Kier alpha value is -2.63. The molecule has 3 aromatic rings. The van der Waals surface area contributed by atoms with Gasteiger partial charge in [0.1, 0.15) is 5.03 Å². The Morgan fingerprint density at radius 1 is 1.11 bits per heavy atom. The zero-order valence-electron chi connectivity index (χ0n) is 15.0. The third-order valence-electron chi connectivity index (χ3n) is 4.83. The molecule has 2 aromatic carbocycles. The molecule has 2 N–H and O–H groups in total. The predicted octanol–water partition coefficient (Wildman–Crippen LogP) is 4.31. The molecule has 4 nitrogen and oxygen atoms in total. The minimum Gasteiger partial charge on any atom is -0.465 e. The summed E-state index contributed by atoms with van der Waals surface area (Å²) in [5.41, 5.74) is 10.5. The standard InChI is InChI=1S/C22H20N2O2S/c1-2-26-21(25)22(16-11-7-4-8-12-16)19(23)18-17(13-14-24-20(18)27-22)15-9-5-3-6-10-15/h3-14,19H,2,23H2,1H3. The van der Waals surface area contributed by atoms with E-state index in [4.69, 9.17) is 10.5 Å². The molecule has 27 heavy (non-hydrogen) atoms. The highest BCUT2D eigenvalue weighted by molar-refractivity contribution is 8.01. The Morgan fingerprint density at radius 2 is 1.78 bits per heavy atom. The van der Waals surface area contributed by atoms with Crippen LogP contribution in [0.15, 0.2) is 78.0 Å². The number of carbonyl (C=O) groups is 1. The summed E-state index contributed by atoms with van der Waals surface area (Å²) in [7, 11) is 0. The zero-order valence-corrected chi connectivity index (χ0v) is 15.8. The van der Waals surface area contributed by atoms with E-state index in [2.05, 4.69) is 4.98 Å². The van der Waals surface area contributed by atoms with Gasteiger partial charge in [-0.15, -0.1) is 0 Å². The molecule has 1 aromatic heterocycles. The van der Waals surface area contributed by atoms with Crippen LogP contribution in [0.4, 0.5) is 0 Å². The first-order chi connectivity index (χ1) is 13.2. The molecular weight excluding hydrogens is 356 g/mol. The molecule has 1 aliphatic rings. The number of fused-ring (bicyclic) bond motifs is 1. The van der Waals surface area contributed by atoms with Crippen molar-refractivity contribution in [2.75, 3.05) is 6.61 Å². The fourth-order valence-electron chi connectivity index (χ4n) is 3.57. The number of thioether (sulfide) groups is 1. The number of carbonyl (C=O) groups excluding carboxylic acids is 1. The molecule has 0 saturated carbocycles. The van der Waals surface area contributed by atoms with Crippen molar-refractivity contribution >= 4 is 17.7 Å². The second-order valence-electron chi connectivity index (χ2n) is 6.35. The molecule has 5 heteroatoms. The van der Waals surface area contributed by atoms with Gasteiger partial charge in [0.25, 0.3) is 0 Å². The van der Waals surface area contributed by atoms with Gasteiger partial charge in [0.05, 0.1) is 12.6 Å². The fourth-order valence-corrected chi connectivity index (χ4v) is 4.98. The maximum Gasteiger partial charge on any atom is 0.329 e. The van der Waals surface area contributed by atoms with Crippen LogP contribution in [-0.4, -0.2) is 17.6 Å². The van der Waals surface area contributed by atoms with Crippen molar-refractivity contribution in [3.8, 4) is 11.1 Å². The summed E-state index contributed by atoms with van der Waals surface area (Å²) in [4.78, 5) is 17.7. The van der Waals surface area contributed by atoms with Gasteiger partial charge in [-0.1, -0.05) is 72.4 Å². The molecule has 0 spiro atoms. The first-order valence-corrected chi connectivity index (χ1v) is 9.71. The summed E-state index contributed by atoms with van der Waals surface area (Å²) in [6, 6.07) is 21.0. The number of nitrogens with two attached hydrogens (primary N) is 1. The second-order valence-corrected chi connectivity index (χ2v) is 7.58. The average Bonchev–Trinajstić information content (AvgIpc) is 3.03. The maximum atomic E-state index is 13.1. The summed E-state index contributed by atoms with van der Waals surface area (Å²) in [5.74, 6) is -0.328. The first kappa shape index (κ1) is 17.8. The molecule has 0 radical (unpaired) electrons. The number of ether oxygens (including phenoxy) is 1. The number of esters is 1. The van der Waals surface area contributed by atoms with Crippen molar-refractivity contribution in [3.05, 3.63) is 84.1 Å². The summed E-state index contributed by atoms with van der Waals surface area (Å²) in [6.07, 6.45) is 1.77. The third kappa shape index (κ3) is 2.83. The van der Waals surface area contributed by atoms with E-state index in [0.29, 0.717) is 6.61 Å². The predicted molar refractivity (Wildman–Crippen MR) is 107 cm³/mol. The minimum atomic E-state index is -1.04. The molecule has 0 fully saturated rings. The summed E-state index contributed by atoms with van der Waals surface area (Å²) < 4.78 is 4.42. The topological polar surface area (TPSA) is 65.2 Å². The van der Waals surface area contributed by atoms with Crippen molar-refractivity contribution in [1.82, 2.24) is 4.98 Å². The van der Waals surface area contributed by atoms with Gasteiger partial charge in [0, 0.05) is 11.8 Å². The number of nitrogens with zero attached hydrogens (tertiary/aromatic N) is 1. The summed E-state index contributed by atoms with van der Waals surface area (Å²) in [5, 5.41) is 0.778. The van der Waals surface area contributed by atoms with Crippen LogP contribution in [0.1, 0.15) is 24.1 Å². The molecule has 2 atom stereocenters. The van der Waals surface area contributed by atoms with E-state index in [9.17, 15) is 4.79 Å². The molecule has 136 valence electrons. The van der Waals surface area contributed by atoms with Gasteiger partial charge in [-0.2, -0.15) is 0 Å². The molecule has 2 heterocycles. The highest BCUT2D eigenvalue weighted by atomic mass is 32.2. The van der Waals surface area contributed by atoms with Gasteiger partial charge in [0.15, 0.2) is 4.75 Å². The molecule has 2 unspecified atom stereocenters. The Balaban J connectivity index is 1.90. The monoisotopic (exact) mass is 376 g/mol. The van der Waals surface area contributed by atoms with E-state index in [1.54, 1.807) is 6.20 Å². The Kier molecular flexibility index (Phi) is 4.72. The van der Waals surface area contributed by atoms with Crippen molar-refractivity contribution in [2.24, 2.45) is 5.73 Å². The Bertz CT molecular complexity index is 963. The number of rotatable bonds is 4. The third-order valence-corrected chi connectivity index (χ3v) is 6.32. The van der Waals surface area contributed by atoms with Crippen LogP contribution in [0.2, 0.25) is 0 Å².